The van der Waals surface area contributed by atoms with Crippen LogP contribution < -0.4 is 4.90 Å². The molecule has 334 valence electrons. The van der Waals surface area contributed by atoms with Gasteiger partial charge in [-0.15, -0.1) is 0 Å². The summed E-state index contributed by atoms with van der Waals surface area (Å²) in [5.41, 5.74) is 16.0. The van der Waals surface area contributed by atoms with Gasteiger partial charge in [-0.2, -0.15) is 0 Å². The zero-order valence-electron chi connectivity index (χ0n) is 39.4. The largest absolute Gasteiger partial charge is 0.337 e. The molecule has 1 heterocycles. The summed E-state index contributed by atoms with van der Waals surface area (Å²) in [6.07, 6.45) is 29.1. The quantitative estimate of drug-likeness (QED) is 0.156. The van der Waals surface area contributed by atoms with Crippen LogP contribution in [-0.4, -0.2) is 6.04 Å². The molecule has 1 aliphatic heterocycles. The van der Waals surface area contributed by atoms with Gasteiger partial charge in [0.1, 0.15) is 0 Å². The molecule has 4 aliphatic carbocycles. The Morgan fingerprint density at radius 1 is 0.423 bits per heavy atom. The van der Waals surface area contributed by atoms with Crippen molar-refractivity contribution in [1.29, 1.82) is 0 Å². The van der Waals surface area contributed by atoms with Crippen LogP contribution in [0, 0.1) is 11.8 Å². The molecule has 1 nitrogen and oxygen atoms in total. The summed E-state index contributed by atoms with van der Waals surface area (Å²) in [6.45, 7) is 0. The van der Waals surface area contributed by atoms with Gasteiger partial charge in [0.2, 0.25) is 0 Å². The van der Waals surface area contributed by atoms with E-state index in [1.54, 1.807) is 0 Å². The maximum absolute atomic E-state index is 2.70. The monoisotopic (exact) mass is 903 g/mol. The highest BCUT2D eigenvalue weighted by Crippen LogP contribution is 2.52. The molecule has 0 spiro atoms. The van der Waals surface area contributed by atoms with Gasteiger partial charge in [-0.3, -0.25) is 0 Å². The second kappa shape index (κ2) is 16.0. The predicted octanol–water partition coefficient (Wildman–Crippen LogP) is 18.5. The number of nitrogens with zero attached hydrogens (tertiary/aromatic N) is 1. The van der Waals surface area contributed by atoms with E-state index in [-0.39, 0.29) is 12.0 Å². The third-order valence-electron chi connectivity index (χ3n) is 16.3. The van der Waals surface area contributed by atoms with Crippen LogP contribution in [0.5, 0.6) is 0 Å². The Bertz CT molecular complexity index is 4160. The van der Waals surface area contributed by atoms with Crippen molar-refractivity contribution in [3.05, 3.63) is 271 Å². The molecule has 3 unspecified atom stereocenters. The summed E-state index contributed by atoms with van der Waals surface area (Å²) in [4.78, 5) is 2.70. The molecule has 0 bridgehead atoms. The van der Waals surface area contributed by atoms with Crippen molar-refractivity contribution < 1.29 is 0 Å². The van der Waals surface area contributed by atoms with Gasteiger partial charge in [0.15, 0.2) is 0 Å². The molecule has 0 radical (unpaired) electrons. The summed E-state index contributed by atoms with van der Waals surface area (Å²) in [6, 6.07) is 66.5. The average molecular weight is 904 g/mol. The second-order valence-electron chi connectivity index (χ2n) is 20.1. The summed E-state index contributed by atoms with van der Waals surface area (Å²) in [5, 5.41) is 15.4. The van der Waals surface area contributed by atoms with Crippen LogP contribution in [0.2, 0.25) is 0 Å². The van der Waals surface area contributed by atoms with Crippen LogP contribution in [0.15, 0.2) is 260 Å². The highest BCUT2D eigenvalue weighted by atomic mass is 15.2. The number of rotatable bonds is 5. The third-order valence-corrected chi connectivity index (χ3v) is 16.3. The van der Waals surface area contributed by atoms with Gasteiger partial charge in [-0.1, -0.05) is 218 Å². The Morgan fingerprint density at radius 2 is 0.986 bits per heavy atom. The van der Waals surface area contributed by atoms with Gasteiger partial charge in [0.05, 0.1) is 6.04 Å². The Balaban J connectivity index is 0.931. The van der Waals surface area contributed by atoms with E-state index in [2.05, 4.69) is 248 Å². The highest BCUT2D eigenvalue weighted by molar-refractivity contribution is 6.23. The third kappa shape index (κ3) is 6.32. The fourth-order valence-electron chi connectivity index (χ4n) is 13.1. The molecule has 10 aromatic carbocycles. The van der Waals surface area contributed by atoms with Crippen LogP contribution in [0.1, 0.15) is 30.4 Å². The maximum atomic E-state index is 2.70. The Hall–Kier alpha value is -8.52. The Morgan fingerprint density at radius 3 is 1.65 bits per heavy atom. The van der Waals surface area contributed by atoms with Crippen molar-refractivity contribution in [2.75, 3.05) is 4.90 Å². The van der Waals surface area contributed by atoms with Gasteiger partial charge in [-0.05, 0) is 164 Å². The molecule has 71 heavy (non-hydrogen) atoms. The number of hydrogen-bond donors (Lipinski definition) is 0. The molecule has 1 heteroatoms. The van der Waals surface area contributed by atoms with Crippen LogP contribution in [-0.2, 0) is 0 Å². The van der Waals surface area contributed by atoms with Crippen molar-refractivity contribution in [3.8, 4) is 22.3 Å². The lowest BCUT2D eigenvalue weighted by molar-refractivity contribution is 0.681. The number of hydrogen-bond acceptors (Lipinski definition) is 1. The van der Waals surface area contributed by atoms with Crippen molar-refractivity contribution in [1.82, 2.24) is 0 Å². The first-order valence-corrected chi connectivity index (χ1v) is 25.5. The molecule has 0 fully saturated rings. The first kappa shape index (κ1) is 40.4. The summed E-state index contributed by atoms with van der Waals surface area (Å²) in [7, 11) is 0. The van der Waals surface area contributed by atoms with Crippen molar-refractivity contribution >= 4 is 81.5 Å². The smallest absolute Gasteiger partial charge is 0.0626 e. The van der Waals surface area contributed by atoms with Gasteiger partial charge in [0.25, 0.3) is 0 Å². The molecule has 0 amide bonds. The molecule has 5 aliphatic rings. The lowest BCUT2D eigenvalue weighted by Gasteiger charge is -2.32. The fourth-order valence-corrected chi connectivity index (χ4v) is 13.1. The van der Waals surface area contributed by atoms with Crippen LogP contribution in [0.3, 0.4) is 0 Å². The van der Waals surface area contributed by atoms with Gasteiger partial charge < -0.3 is 4.90 Å². The molecule has 0 saturated heterocycles. The van der Waals surface area contributed by atoms with Gasteiger partial charge in [-0.25, -0.2) is 0 Å². The van der Waals surface area contributed by atoms with Crippen molar-refractivity contribution in [3.63, 3.8) is 0 Å². The minimum Gasteiger partial charge on any atom is -0.337 e. The number of allylic oxidation sites excluding steroid dienone is 13. The molecule has 10 aromatic rings. The minimum absolute atomic E-state index is 0.177. The van der Waals surface area contributed by atoms with Crippen LogP contribution >= 0.6 is 0 Å². The highest BCUT2D eigenvalue weighted by Gasteiger charge is 2.40. The lowest BCUT2D eigenvalue weighted by atomic mass is 9.79. The summed E-state index contributed by atoms with van der Waals surface area (Å²) >= 11 is 0. The zero-order valence-corrected chi connectivity index (χ0v) is 39.4. The van der Waals surface area contributed by atoms with Crippen molar-refractivity contribution in [2.45, 2.75) is 25.3 Å². The molecule has 3 atom stereocenters. The zero-order chi connectivity index (χ0) is 46.6. The van der Waals surface area contributed by atoms with E-state index in [9.17, 15) is 0 Å². The average Bonchev–Trinajstić information content (AvgIpc) is 3.77. The van der Waals surface area contributed by atoms with Crippen LogP contribution in [0.4, 0.5) is 5.69 Å². The summed E-state index contributed by atoms with van der Waals surface area (Å²) in [5.74, 6) is 0.703. The topological polar surface area (TPSA) is 3.24 Å². The SMILES string of the molecule is C1=CCC2C=CC(c3c4ccccc4c(C4=CC5=C(CC4)N(c4ccc6c(-c7ccc8ccccc8c7)c7ccccc7c(-c7ccc8ccccc8c7)c6c4)C4C=CC=CC54)c4ccccc34)=CC2=C1. The van der Waals surface area contributed by atoms with E-state index in [4.69, 9.17) is 0 Å². The van der Waals surface area contributed by atoms with E-state index in [0.717, 1.165) is 19.3 Å². The number of benzene rings is 10. The molecular weight excluding hydrogens is 855 g/mol. The molecule has 15 rings (SSSR count). The van der Waals surface area contributed by atoms with E-state index >= 15 is 0 Å². The summed E-state index contributed by atoms with van der Waals surface area (Å²) < 4.78 is 0. The predicted molar refractivity (Wildman–Crippen MR) is 304 cm³/mol. The molecule has 0 aromatic heterocycles. The van der Waals surface area contributed by atoms with Gasteiger partial charge in [0, 0.05) is 23.2 Å². The Kier molecular flexibility index (Phi) is 9.11. The maximum Gasteiger partial charge on any atom is 0.0626 e. The van der Waals surface area contributed by atoms with E-state index in [1.165, 1.54) is 132 Å². The van der Waals surface area contributed by atoms with Gasteiger partial charge >= 0.3 is 0 Å². The fraction of sp³-hybridized carbons (Fsp3) is 0.0857. The first-order valence-electron chi connectivity index (χ1n) is 25.5. The van der Waals surface area contributed by atoms with E-state index in [0.29, 0.717) is 5.92 Å². The minimum atomic E-state index is 0.177. The second-order valence-corrected chi connectivity index (χ2v) is 20.1. The number of anilines is 1. The standard InChI is InChI=1S/C70H49N/c1-4-18-47-39-50(32-29-44(47)15-1)67-56-22-7-9-24-58(56)69(59-25-10-8-23-57(59)67)53-35-38-66-63(42-53)55-21-13-14-28-65(55)71(66)54-36-37-62-64(43-54)70(52-34-31-46-17-3-6-20-49(46)41-52)61-27-12-11-26-60(61)68(62)51-33-30-45-16-2-5-19-48(45)40-51/h1-14,16-34,36-37,39-44,55,65H,15,35,38H2. The normalized spacial score (nSPS) is 19.2. The van der Waals surface area contributed by atoms with Crippen molar-refractivity contribution in [2.24, 2.45) is 11.8 Å². The molecule has 0 N–H and O–H groups in total. The molecular formula is C70H49N. The lowest BCUT2D eigenvalue weighted by Crippen LogP contribution is -2.32. The van der Waals surface area contributed by atoms with E-state index in [1.807, 2.05) is 0 Å². The van der Waals surface area contributed by atoms with E-state index < -0.39 is 0 Å². The molecule has 0 saturated carbocycles. The van der Waals surface area contributed by atoms with Crippen LogP contribution in [0.25, 0.3) is 98.0 Å². The first-order chi connectivity index (χ1) is 35.2. The number of fused-ring (bicyclic) bond motifs is 9. The Labute approximate surface area is 414 Å².